The molecule has 504 valence electrons. The molecular formula is C98H62N10. The molecule has 0 aliphatic heterocycles. The molecule has 22 rings (SSSR count). The van der Waals surface area contributed by atoms with E-state index in [-0.39, 0.29) is 0 Å². The van der Waals surface area contributed by atoms with Gasteiger partial charge < -0.3 is 9.13 Å². The smallest absolute Gasteiger partial charge is 0.238 e. The SMILES string of the molecule is c1ccc(-c2nc(-c3ccccc3)nc(-n3c4ccccc4c4cc(-c5ccc6c(c5)c5ccccc5n6-c5ccc6ccccc6c5)ccc43)n2)cc1.c1ccc(-c2nc(-c3ccccc3)nc(-n3c4ccccc4c4cc(-c5ccc6c(c5)c5ccccc5n6-c5cccc6ccccc56)ccc43)n2)cc1. The molecular weight excluding hydrogens is 1320 g/mol. The van der Waals surface area contributed by atoms with Crippen LogP contribution in [0, 0.1) is 0 Å². The lowest BCUT2D eigenvalue weighted by atomic mass is 10.0. The number of rotatable bonds is 10. The zero-order chi connectivity index (χ0) is 71.2. The molecule has 16 aromatic carbocycles. The first-order valence-electron chi connectivity index (χ1n) is 36.4. The van der Waals surface area contributed by atoms with Crippen molar-refractivity contribution < 1.29 is 0 Å². The van der Waals surface area contributed by atoms with E-state index in [1.165, 1.54) is 82.0 Å². The van der Waals surface area contributed by atoms with Gasteiger partial charge in [0.2, 0.25) is 11.9 Å². The molecule has 0 unspecified atom stereocenters. The highest BCUT2D eigenvalue weighted by Crippen LogP contribution is 2.43. The second-order valence-corrected chi connectivity index (χ2v) is 27.4. The minimum atomic E-state index is 0.587. The van der Waals surface area contributed by atoms with E-state index in [1.54, 1.807) is 0 Å². The van der Waals surface area contributed by atoms with Gasteiger partial charge in [-0.15, -0.1) is 0 Å². The molecule has 0 fully saturated rings. The van der Waals surface area contributed by atoms with Crippen LogP contribution in [-0.4, -0.2) is 48.2 Å². The lowest BCUT2D eigenvalue weighted by molar-refractivity contribution is 0.953. The van der Waals surface area contributed by atoms with Crippen LogP contribution in [0.2, 0.25) is 0 Å². The first-order valence-corrected chi connectivity index (χ1v) is 36.4. The Kier molecular flexibility index (Phi) is 14.7. The fourth-order valence-electron chi connectivity index (χ4n) is 16.1. The Morgan fingerprint density at radius 3 is 0.861 bits per heavy atom. The van der Waals surface area contributed by atoms with Gasteiger partial charge in [-0.2, -0.15) is 19.9 Å². The molecule has 0 atom stereocenters. The fraction of sp³-hybridized carbons (Fsp3) is 0. The van der Waals surface area contributed by atoms with E-state index in [0.717, 1.165) is 82.7 Å². The first-order chi connectivity index (χ1) is 53.5. The van der Waals surface area contributed by atoms with Crippen LogP contribution in [0.3, 0.4) is 0 Å². The van der Waals surface area contributed by atoms with Gasteiger partial charge >= 0.3 is 0 Å². The van der Waals surface area contributed by atoms with Crippen LogP contribution in [0.5, 0.6) is 0 Å². The molecule has 0 bridgehead atoms. The molecule has 0 radical (unpaired) electrons. The van der Waals surface area contributed by atoms with Crippen LogP contribution in [0.15, 0.2) is 376 Å². The van der Waals surface area contributed by atoms with Gasteiger partial charge in [-0.1, -0.05) is 285 Å². The maximum absolute atomic E-state index is 5.10. The molecule has 22 aromatic rings. The third-order valence-corrected chi connectivity index (χ3v) is 21.1. The molecule has 0 N–H and O–H groups in total. The average Bonchev–Trinajstić information content (AvgIpc) is 1.59. The van der Waals surface area contributed by atoms with Crippen LogP contribution in [0.4, 0.5) is 0 Å². The molecule has 108 heavy (non-hydrogen) atoms. The number of hydrogen-bond donors (Lipinski definition) is 0. The van der Waals surface area contributed by atoms with Crippen molar-refractivity contribution in [3.63, 3.8) is 0 Å². The summed E-state index contributed by atoms with van der Waals surface area (Å²) in [4.78, 5) is 30.3. The number of hydrogen-bond acceptors (Lipinski definition) is 6. The molecule has 6 heterocycles. The third kappa shape index (κ3) is 10.5. The Morgan fingerprint density at radius 1 is 0.157 bits per heavy atom. The van der Waals surface area contributed by atoms with Crippen molar-refractivity contribution in [2.24, 2.45) is 0 Å². The van der Waals surface area contributed by atoms with E-state index in [9.17, 15) is 0 Å². The van der Waals surface area contributed by atoms with Gasteiger partial charge in [0.05, 0.1) is 49.8 Å². The summed E-state index contributed by atoms with van der Waals surface area (Å²) in [5.74, 6) is 3.72. The second-order valence-electron chi connectivity index (χ2n) is 27.4. The van der Waals surface area contributed by atoms with Crippen molar-refractivity contribution in [3.8, 4) is 91.1 Å². The third-order valence-electron chi connectivity index (χ3n) is 21.1. The lowest BCUT2D eigenvalue weighted by Crippen LogP contribution is -2.06. The van der Waals surface area contributed by atoms with Crippen molar-refractivity contribution in [1.82, 2.24) is 48.2 Å². The van der Waals surface area contributed by atoms with Crippen molar-refractivity contribution in [1.29, 1.82) is 0 Å². The number of nitrogens with zero attached hydrogens (tertiary/aromatic N) is 10. The summed E-state index contributed by atoms with van der Waals surface area (Å²) in [6, 6.07) is 133. The minimum Gasteiger partial charge on any atom is -0.309 e. The normalized spacial score (nSPS) is 11.7. The second kappa shape index (κ2) is 25.6. The van der Waals surface area contributed by atoms with E-state index in [0.29, 0.717) is 35.2 Å². The van der Waals surface area contributed by atoms with Gasteiger partial charge in [0.15, 0.2) is 23.3 Å². The van der Waals surface area contributed by atoms with Crippen LogP contribution >= 0.6 is 0 Å². The number of para-hydroxylation sites is 4. The molecule has 0 aliphatic rings. The Hall–Kier alpha value is -14.7. The Bertz CT molecular complexity index is 7170. The summed E-state index contributed by atoms with van der Waals surface area (Å²) in [5, 5.41) is 14.4. The van der Waals surface area contributed by atoms with Crippen molar-refractivity contribution in [2.45, 2.75) is 0 Å². The van der Waals surface area contributed by atoms with E-state index in [1.807, 2.05) is 121 Å². The van der Waals surface area contributed by atoms with Crippen molar-refractivity contribution >= 4 is 109 Å². The van der Waals surface area contributed by atoms with E-state index < -0.39 is 0 Å². The molecule has 10 nitrogen and oxygen atoms in total. The fourth-order valence-corrected chi connectivity index (χ4v) is 16.1. The van der Waals surface area contributed by atoms with Gasteiger partial charge in [-0.25, -0.2) is 9.97 Å². The van der Waals surface area contributed by atoms with Gasteiger partial charge in [0.1, 0.15) is 0 Å². The van der Waals surface area contributed by atoms with Crippen molar-refractivity contribution in [2.75, 3.05) is 0 Å². The first kappa shape index (κ1) is 61.9. The molecule has 0 saturated heterocycles. The topological polar surface area (TPSA) is 97.1 Å². The number of aromatic nitrogens is 10. The van der Waals surface area contributed by atoms with Crippen LogP contribution in [0.1, 0.15) is 0 Å². The highest BCUT2D eigenvalue weighted by Gasteiger charge is 2.23. The van der Waals surface area contributed by atoms with E-state index in [4.69, 9.17) is 29.9 Å². The molecule has 10 heteroatoms. The monoisotopic (exact) mass is 1380 g/mol. The lowest BCUT2D eigenvalue weighted by Gasteiger charge is -2.12. The largest absolute Gasteiger partial charge is 0.309 e. The van der Waals surface area contributed by atoms with Gasteiger partial charge in [0.25, 0.3) is 0 Å². The molecule has 0 amide bonds. The molecule has 6 aromatic heterocycles. The zero-order valence-corrected chi connectivity index (χ0v) is 58.3. The van der Waals surface area contributed by atoms with Crippen molar-refractivity contribution in [3.05, 3.63) is 376 Å². The average molecular weight is 1380 g/mol. The van der Waals surface area contributed by atoms with Gasteiger partial charge in [0, 0.05) is 76.4 Å². The van der Waals surface area contributed by atoms with Gasteiger partial charge in [-0.3, -0.25) is 9.13 Å². The van der Waals surface area contributed by atoms with E-state index >= 15 is 0 Å². The zero-order valence-electron chi connectivity index (χ0n) is 58.3. The van der Waals surface area contributed by atoms with Crippen LogP contribution in [-0.2, 0) is 0 Å². The molecule has 0 aliphatic carbocycles. The van der Waals surface area contributed by atoms with E-state index in [2.05, 4.69) is 273 Å². The highest BCUT2D eigenvalue weighted by atomic mass is 15.2. The maximum atomic E-state index is 5.10. The van der Waals surface area contributed by atoms with Crippen LogP contribution in [0.25, 0.3) is 200 Å². The Labute approximate surface area is 620 Å². The maximum Gasteiger partial charge on any atom is 0.238 e. The summed E-state index contributed by atoms with van der Waals surface area (Å²) >= 11 is 0. The number of benzene rings is 16. The summed E-state index contributed by atoms with van der Waals surface area (Å²) < 4.78 is 9.15. The Morgan fingerprint density at radius 2 is 0.454 bits per heavy atom. The molecule has 0 spiro atoms. The Balaban J connectivity index is 0.000000138. The molecule has 0 saturated carbocycles. The summed E-state index contributed by atoms with van der Waals surface area (Å²) in [7, 11) is 0. The number of fused-ring (bicyclic) bond motifs is 14. The van der Waals surface area contributed by atoms with Crippen LogP contribution < -0.4 is 0 Å². The minimum absolute atomic E-state index is 0.587. The van der Waals surface area contributed by atoms with Gasteiger partial charge in [-0.05, 0) is 129 Å². The summed E-state index contributed by atoms with van der Waals surface area (Å²) in [5.41, 5.74) is 19.7. The summed E-state index contributed by atoms with van der Waals surface area (Å²) in [6.07, 6.45) is 0. The summed E-state index contributed by atoms with van der Waals surface area (Å²) in [6.45, 7) is 0. The quantitative estimate of drug-likeness (QED) is 0.135. The highest BCUT2D eigenvalue weighted by molar-refractivity contribution is 6.15. The standard InChI is InChI=1S/2C49H31N5/c1-3-15-33(16-4-1)47-50-48(34-17-5-2-6-18-34)52-49(51-47)54-44-24-12-10-22-39(44)41-31-36(27-29-46(41)54)35-26-28-45-40(30-35)38-21-9-11-23-43(38)53(45)42-25-13-19-32-14-7-8-20-37(32)42;1-3-14-33(15-4-1)47-50-48(34-16-5-2-6-17-34)52-49(51-47)54-44-22-12-10-20-40(44)42-31-37(25-28-46(42)54)36-24-27-45-41(30-36)39-19-9-11-21-43(39)53(45)38-26-23-32-13-7-8-18-35(32)29-38/h2*1-31H. The predicted octanol–water partition coefficient (Wildman–Crippen LogP) is 24.4. The predicted molar refractivity (Wildman–Crippen MR) is 445 cm³/mol.